The van der Waals surface area contributed by atoms with Crippen LogP contribution in [0.3, 0.4) is 0 Å². The van der Waals surface area contributed by atoms with Gasteiger partial charge in [-0.25, -0.2) is 4.79 Å². The zero-order valence-electron chi connectivity index (χ0n) is 15.8. The van der Waals surface area contributed by atoms with Gasteiger partial charge in [-0.3, -0.25) is 0 Å². The molecular weight excluding hydrogens is 368 g/mol. The fourth-order valence-corrected chi connectivity index (χ4v) is 3.47. The third-order valence-electron chi connectivity index (χ3n) is 3.75. The number of thiophene rings is 1. The minimum atomic E-state index is -0.170. The maximum atomic E-state index is 12.5. The van der Waals surface area contributed by atoms with Gasteiger partial charge in [-0.05, 0) is 51.0 Å². The molecule has 1 heterocycles. The van der Waals surface area contributed by atoms with Gasteiger partial charge in [-0.15, -0.1) is 11.3 Å². The van der Waals surface area contributed by atoms with E-state index >= 15 is 0 Å². The molecule has 26 heavy (non-hydrogen) atoms. The van der Waals surface area contributed by atoms with E-state index in [1.807, 2.05) is 58.0 Å². The molecule has 1 N–H and O–H groups in total. The zero-order chi connectivity index (χ0) is 19.2. The lowest BCUT2D eigenvalue weighted by Crippen LogP contribution is -2.38. The Balaban J connectivity index is 1.89. The summed E-state index contributed by atoms with van der Waals surface area (Å²) in [6, 6.07) is 11.9. The number of ether oxygens (including phenoxy) is 1. The van der Waals surface area contributed by atoms with Crippen molar-refractivity contribution in [1.82, 2.24) is 10.2 Å². The van der Waals surface area contributed by atoms with Crippen LogP contribution in [-0.2, 0) is 24.4 Å². The number of carbonyl (C=O) groups excluding carboxylic acids is 1. The van der Waals surface area contributed by atoms with Crippen molar-refractivity contribution in [3.8, 4) is 0 Å². The molecule has 0 atom stereocenters. The molecule has 0 aliphatic rings. The maximum absolute atomic E-state index is 12.5. The summed E-state index contributed by atoms with van der Waals surface area (Å²) in [6.07, 6.45) is 0. The Morgan fingerprint density at radius 2 is 1.96 bits per heavy atom. The van der Waals surface area contributed by atoms with Crippen LogP contribution in [0.4, 0.5) is 4.79 Å². The highest BCUT2D eigenvalue weighted by atomic mass is 35.5. The molecule has 6 heteroatoms. The minimum absolute atomic E-state index is 0.0756. The molecule has 0 spiro atoms. The van der Waals surface area contributed by atoms with Crippen LogP contribution in [0.5, 0.6) is 0 Å². The summed E-state index contributed by atoms with van der Waals surface area (Å²) < 4.78 is 6.56. The van der Waals surface area contributed by atoms with Gasteiger partial charge in [0.05, 0.1) is 23.1 Å². The molecule has 0 saturated heterocycles. The van der Waals surface area contributed by atoms with Crippen molar-refractivity contribution in [1.29, 1.82) is 0 Å². The van der Waals surface area contributed by atoms with E-state index in [9.17, 15) is 4.79 Å². The number of nitrogens with zero attached hydrogens (tertiary/aromatic N) is 1. The van der Waals surface area contributed by atoms with Crippen molar-refractivity contribution in [2.45, 2.75) is 53.0 Å². The molecule has 0 fully saturated rings. The minimum Gasteiger partial charge on any atom is -0.371 e. The predicted molar refractivity (Wildman–Crippen MR) is 109 cm³/mol. The Hall–Kier alpha value is -1.56. The number of hydrogen-bond donors (Lipinski definition) is 1. The lowest BCUT2D eigenvalue weighted by Gasteiger charge is -2.21. The molecule has 142 valence electrons. The molecule has 0 aliphatic heterocycles. The van der Waals surface area contributed by atoms with E-state index in [4.69, 9.17) is 16.3 Å². The standard InChI is InChI=1S/C20H27ClN2O2S/c1-5-23(13-17-9-10-18(21)26-17)19(24)22-12-15-7-6-8-16(11-15)14-25-20(2,3)4/h6-11H,5,12-14H2,1-4H3,(H,22,24). The van der Waals surface area contributed by atoms with Crippen LogP contribution in [0.15, 0.2) is 36.4 Å². The monoisotopic (exact) mass is 394 g/mol. The summed E-state index contributed by atoms with van der Waals surface area (Å²) >= 11 is 7.47. The van der Waals surface area contributed by atoms with Gasteiger partial charge < -0.3 is 15.0 Å². The Kier molecular flexibility index (Phi) is 7.50. The highest BCUT2D eigenvalue weighted by Gasteiger charge is 2.13. The number of nitrogens with one attached hydrogen (secondary N) is 1. The van der Waals surface area contributed by atoms with Crippen LogP contribution in [0.1, 0.15) is 43.7 Å². The predicted octanol–water partition coefficient (Wildman–Crippen LogP) is 5.45. The molecule has 1 aromatic carbocycles. The van der Waals surface area contributed by atoms with Crippen LogP contribution < -0.4 is 5.32 Å². The van der Waals surface area contributed by atoms with Gasteiger partial charge in [0, 0.05) is 18.0 Å². The van der Waals surface area contributed by atoms with E-state index in [1.54, 1.807) is 4.90 Å². The smallest absolute Gasteiger partial charge is 0.317 e. The second-order valence-corrected chi connectivity index (χ2v) is 8.90. The largest absolute Gasteiger partial charge is 0.371 e. The normalized spacial score (nSPS) is 11.4. The van der Waals surface area contributed by atoms with E-state index in [1.165, 1.54) is 11.3 Å². The zero-order valence-corrected chi connectivity index (χ0v) is 17.4. The van der Waals surface area contributed by atoms with Crippen LogP contribution in [-0.4, -0.2) is 23.1 Å². The summed E-state index contributed by atoms with van der Waals surface area (Å²) in [4.78, 5) is 15.3. The highest BCUT2D eigenvalue weighted by molar-refractivity contribution is 7.16. The average Bonchev–Trinajstić information content (AvgIpc) is 3.00. The molecule has 0 bridgehead atoms. The number of amides is 2. The van der Waals surface area contributed by atoms with Crippen molar-refractivity contribution in [2.75, 3.05) is 6.54 Å². The Morgan fingerprint density at radius 1 is 1.23 bits per heavy atom. The number of benzene rings is 1. The summed E-state index contributed by atoms with van der Waals surface area (Å²) in [5, 5.41) is 2.99. The van der Waals surface area contributed by atoms with Crippen molar-refractivity contribution >= 4 is 29.0 Å². The average molecular weight is 395 g/mol. The van der Waals surface area contributed by atoms with E-state index in [2.05, 4.69) is 11.4 Å². The van der Waals surface area contributed by atoms with Gasteiger partial charge in [-0.1, -0.05) is 35.9 Å². The fourth-order valence-electron chi connectivity index (χ4n) is 2.37. The van der Waals surface area contributed by atoms with Gasteiger partial charge in [0.15, 0.2) is 0 Å². The van der Waals surface area contributed by atoms with Gasteiger partial charge in [0.1, 0.15) is 0 Å². The van der Waals surface area contributed by atoms with Gasteiger partial charge >= 0.3 is 6.03 Å². The van der Waals surface area contributed by atoms with Crippen molar-refractivity contribution in [3.05, 3.63) is 56.7 Å². The number of carbonyl (C=O) groups is 1. The molecule has 0 radical (unpaired) electrons. The van der Waals surface area contributed by atoms with Crippen molar-refractivity contribution in [2.24, 2.45) is 0 Å². The summed E-state index contributed by atoms with van der Waals surface area (Å²) in [5.74, 6) is 0. The lowest BCUT2D eigenvalue weighted by atomic mass is 10.1. The third kappa shape index (κ3) is 6.98. The molecule has 4 nitrogen and oxygen atoms in total. The Labute approximate surface area is 165 Å². The fraction of sp³-hybridized carbons (Fsp3) is 0.450. The molecule has 0 unspecified atom stereocenters. The van der Waals surface area contributed by atoms with E-state index in [0.29, 0.717) is 26.2 Å². The quantitative estimate of drug-likeness (QED) is 0.678. The number of urea groups is 1. The van der Waals surface area contributed by atoms with Crippen LogP contribution >= 0.6 is 22.9 Å². The number of rotatable bonds is 7. The van der Waals surface area contributed by atoms with Crippen molar-refractivity contribution < 1.29 is 9.53 Å². The first-order chi connectivity index (χ1) is 12.3. The number of halogens is 1. The van der Waals surface area contributed by atoms with Crippen LogP contribution in [0.2, 0.25) is 4.34 Å². The lowest BCUT2D eigenvalue weighted by molar-refractivity contribution is -0.0149. The SMILES string of the molecule is CCN(Cc1ccc(Cl)s1)C(=O)NCc1cccc(COC(C)(C)C)c1. The van der Waals surface area contributed by atoms with Crippen LogP contribution in [0.25, 0.3) is 0 Å². The summed E-state index contributed by atoms with van der Waals surface area (Å²) in [6.45, 7) is 10.3. The molecule has 1 aromatic heterocycles. The molecule has 2 aromatic rings. The van der Waals surface area contributed by atoms with Gasteiger partial charge in [0.25, 0.3) is 0 Å². The van der Waals surface area contributed by atoms with E-state index in [0.717, 1.165) is 20.3 Å². The highest BCUT2D eigenvalue weighted by Crippen LogP contribution is 2.22. The molecule has 0 aliphatic carbocycles. The van der Waals surface area contributed by atoms with Crippen LogP contribution in [0, 0.1) is 0 Å². The maximum Gasteiger partial charge on any atom is 0.317 e. The molecule has 0 saturated carbocycles. The van der Waals surface area contributed by atoms with Crippen molar-refractivity contribution in [3.63, 3.8) is 0 Å². The van der Waals surface area contributed by atoms with Gasteiger partial charge in [-0.2, -0.15) is 0 Å². The second-order valence-electron chi connectivity index (χ2n) is 7.10. The molecule has 2 rings (SSSR count). The van der Waals surface area contributed by atoms with E-state index < -0.39 is 0 Å². The first kappa shape index (κ1) is 20.7. The number of hydrogen-bond acceptors (Lipinski definition) is 3. The third-order valence-corrected chi connectivity index (χ3v) is 4.97. The Bertz CT molecular complexity index is 725. The van der Waals surface area contributed by atoms with Gasteiger partial charge in [0.2, 0.25) is 0 Å². The molecule has 2 amide bonds. The molecular formula is C20H27ClN2O2S. The summed E-state index contributed by atoms with van der Waals surface area (Å²) in [5.41, 5.74) is 1.99. The summed E-state index contributed by atoms with van der Waals surface area (Å²) in [7, 11) is 0. The first-order valence-corrected chi connectivity index (χ1v) is 9.95. The van der Waals surface area contributed by atoms with E-state index in [-0.39, 0.29) is 11.6 Å². The topological polar surface area (TPSA) is 41.6 Å². The Morgan fingerprint density at radius 3 is 2.58 bits per heavy atom. The second kappa shape index (κ2) is 9.40. The first-order valence-electron chi connectivity index (χ1n) is 8.75.